The van der Waals surface area contributed by atoms with Crippen molar-refractivity contribution in [3.05, 3.63) is 6.92 Å². The monoisotopic (exact) mass is 218 g/mol. The van der Waals surface area contributed by atoms with E-state index in [-0.39, 0.29) is 14.7 Å². The standard InChI is InChI=1S/C9H21AsN/c1-4-8-11-9-6-5-7-10(2)3/h11H,1,4-9H2,2-3H3. The van der Waals surface area contributed by atoms with E-state index in [9.17, 15) is 0 Å². The molecule has 1 radical (unpaired) electrons. The van der Waals surface area contributed by atoms with Gasteiger partial charge in [0.05, 0.1) is 0 Å². The Kier molecular flexibility index (Phi) is 9.02. The van der Waals surface area contributed by atoms with Crippen LogP contribution in [-0.2, 0) is 0 Å². The van der Waals surface area contributed by atoms with Gasteiger partial charge < -0.3 is 0 Å². The van der Waals surface area contributed by atoms with Crippen LogP contribution in [0.1, 0.15) is 19.3 Å². The summed E-state index contributed by atoms with van der Waals surface area (Å²) in [5, 5.41) is 4.88. The van der Waals surface area contributed by atoms with Crippen molar-refractivity contribution in [2.45, 2.75) is 35.9 Å². The number of rotatable bonds is 7. The molecule has 0 rings (SSSR count). The van der Waals surface area contributed by atoms with E-state index >= 15 is 0 Å². The fourth-order valence-corrected chi connectivity index (χ4v) is 2.72. The topological polar surface area (TPSA) is 12.0 Å². The maximum absolute atomic E-state index is 3.78. The minimum atomic E-state index is -0.326. The first-order chi connectivity index (χ1) is 5.27. The van der Waals surface area contributed by atoms with Crippen molar-refractivity contribution in [1.82, 2.24) is 5.32 Å². The molecule has 2 heteroatoms. The van der Waals surface area contributed by atoms with Gasteiger partial charge >= 0.3 is 75.9 Å². The zero-order chi connectivity index (χ0) is 8.53. The molecule has 0 saturated carbocycles. The molecule has 0 aliphatic heterocycles. The van der Waals surface area contributed by atoms with Crippen molar-refractivity contribution in [3.63, 3.8) is 0 Å². The summed E-state index contributed by atoms with van der Waals surface area (Å²) in [5.41, 5.74) is 4.85. The summed E-state index contributed by atoms with van der Waals surface area (Å²) >= 11 is -0.326. The molecular formula is C9H21AsN. The molecule has 0 aromatic rings. The molecule has 0 atom stereocenters. The molecular weight excluding hydrogens is 197 g/mol. The Morgan fingerprint density at radius 3 is 2.45 bits per heavy atom. The zero-order valence-corrected chi connectivity index (χ0v) is 9.77. The predicted octanol–water partition coefficient (Wildman–Crippen LogP) is 2.33. The van der Waals surface area contributed by atoms with Crippen LogP contribution in [0.2, 0.25) is 16.6 Å². The van der Waals surface area contributed by atoms with Gasteiger partial charge in [-0.25, -0.2) is 0 Å². The number of nitrogens with one attached hydrogen (secondary N) is 1. The molecule has 0 bridgehead atoms. The van der Waals surface area contributed by atoms with E-state index in [4.69, 9.17) is 0 Å². The molecule has 0 heterocycles. The van der Waals surface area contributed by atoms with Gasteiger partial charge in [0.2, 0.25) is 0 Å². The average Bonchev–Trinajstić information content (AvgIpc) is 1.96. The zero-order valence-electron chi connectivity index (χ0n) is 7.90. The third kappa shape index (κ3) is 10.5. The van der Waals surface area contributed by atoms with Crippen molar-refractivity contribution in [1.29, 1.82) is 0 Å². The van der Waals surface area contributed by atoms with Crippen LogP contribution in [0.3, 0.4) is 0 Å². The Balaban J connectivity index is 2.80. The Morgan fingerprint density at radius 2 is 1.91 bits per heavy atom. The van der Waals surface area contributed by atoms with E-state index in [0.717, 1.165) is 13.0 Å². The van der Waals surface area contributed by atoms with Gasteiger partial charge in [-0.05, 0) is 0 Å². The molecule has 0 aliphatic rings. The summed E-state index contributed by atoms with van der Waals surface area (Å²) < 4.78 is 0. The van der Waals surface area contributed by atoms with E-state index in [1.165, 1.54) is 24.6 Å². The SMILES string of the molecule is [CH2]CCNCCCC[As](C)C. The summed E-state index contributed by atoms with van der Waals surface area (Å²) in [6.45, 7) is 6.05. The fourth-order valence-electron chi connectivity index (χ4n) is 0.928. The molecule has 0 amide bonds. The summed E-state index contributed by atoms with van der Waals surface area (Å²) in [4.78, 5) is 0. The Labute approximate surface area is 76.2 Å². The van der Waals surface area contributed by atoms with Crippen LogP contribution in [0.25, 0.3) is 0 Å². The van der Waals surface area contributed by atoms with Gasteiger partial charge in [0.25, 0.3) is 0 Å². The second-order valence-electron chi connectivity index (χ2n) is 3.11. The van der Waals surface area contributed by atoms with Crippen LogP contribution >= 0.6 is 0 Å². The Bertz CT molecular complexity index is 74.0. The maximum atomic E-state index is 3.78. The minimum absolute atomic E-state index is 0.326. The van der Waals surface area contributed by atoms with Gasteiger partial charge in [-0.2, -0.15) is 0 Å². The first-order valence-corrected chi connectivity index (χ1v) is 9.50. The van der Waals surface area contributed by atoms with Crippen molar-refractivity contribution >= 4 is 14.7 Å². The van der Waals surface area contributed by atoms with Gasteiger partial charge in [-0.3, -0.25) is 0 Å². The second-order valence-corrected chi connectivity index (χ2v) is 8.58. The van der Waals surface area contributed by atoms with E-state index in [1.54, 1.807) is 0 Å². The van der Waals surface area contributed by atoms with Crippen molar-refractivity contribution < 1.29 is 0 Å². The van der Waals surface area contributed by atoms with Crippen molar-refractivity contribution in [3.8, 4) is 0 Å². The molecule has 0 aromatic heterocycles. The van der Waals surface area contributed by atoms with E-state index in [0.29, 0.717) is 0 Å². The van der Waals surface area contributed by atoms with Gasteiger partial charge in [-0.1, -0.05) is 0 Å². The van der Waals surface area contributed by atoms with Crippen LogP contribution in [0.5, 0.6) is 0 Å². The van der Waals surface area contributed by atoms with Crippen LogP contribution in [0.4, 0.5) is 0 Å². The third-order valence-corrected chi connectivity index (χ3v) is 4.10. The van der Waals surface area contributed by atoms with Gasteiger partial charge in [-0.15, -0.1) is 0 Å². The van der Waals surface area contributed by atoms with Crippen LogP contribution in [-0.4, -0.2) is 27.7 Å². The molecule has 0 unspecified atom stereocenters. The second kappa shape index (κ2) is 8.61. The first-order valence-electron chi connectivity index (χ1n) is 4.42. The molecule has 0 aromatic carbocycles. The molecule has 1 nitrogen and oxygen atoms in total. The van der Waals surface area contributed by atoms with E-state index in [1.807, 2.05) is 0 Å². The normalized spacial score (nSPS) is 10.9. The van der Waals surface area contributed by atoms with Crippen LogP contribution < -0.4 is 5.32 Å². The van der Waals surface area contributed by atoms with Crippen LogP contribution in [0, 0.1) is 6.92 Å². The average molecular weight is 218 g/mol. The number of unbranched alkanes of at least 4 members (excludes halogenated alkanes) is 1. The summed E-state index contributed by atoms with van der Waals surface area (Å²) in [6, 6.07) is 0. The molecule has 1 N–H and O–H groups in total. The fraction of sp³-hybridized carbons (Fsp3) is 0.889. The summed E-state index contributed by atoms with van der Waals surface area (Å²) in [7, 11) is 0. The van der Waals surface area contributed by atoms with Crippen molar-refractivity contribution in [2.24, 2.45) is 0 Å². The summed E-state index contributed by atoms with van der Waals surface area (Å²) in [6.07, 6.45) is 3.80. The third-order valence-electron chi connectivity index (χ3n) is 1.56. The number of hydrogen-bond donors (Lipinski definition) is 1. The number of hydrogen-bond acceptors (Lipinski definition) is 1. The van der Waals surface area contributed by atoms with E-state index < -0.39 is 0 Å². The molecule has 0 aliphatic carbocycles. The molecule has 0 spiro atoms. The molecule has 11 heavy (non-hydrogen) atoms. The Morgan fingerprint density at radius 1 is 1.18 bits per heavy atom. The van der Waals surface area contributed by atoms with Gasteiger partial charge in [0.1, 0.15) is 0 Å². The van der Waals surface area contributed by atoms with Crippen LogP contribution in [0.15, 0.2) is 0 Å². The molecule has 67 valence electrons. The Hall–Kier alpha value is 0.518. The predicted molar refractivity (Wildman–Crippen MR) is 54.4 cm³/mol. The molecule has 0 fully saturated rings. The molecule has 0 saturated heterocycles. The van der Waals surface area contributed by atoms with Gasteiger partial charge in [0, 0.05) is 0 Å². The van der Waals surface area contributed by atoms with Gasteiger partial charge in [0.15, 0.2) is 0 Å². The quantitative estimate of drug-likeness (QED) is 0.511. The van der Waals surface area contributed by atoms with E-state index in [2.05, 4.69) is 23.7 Å². The summed E-state index contributed by atoms with van der Waals surface area (Å²) in [5.74, 6) is 0. The first kappa shape index (κ1) is 11.5. The van der Waals surface area contributed by atoms with Crippen molar-refractivity contribution in [2.75, 3.05) is 13.1 Å².